The Bertz CT molecular complexity index is 653. The van der Waals surface area contributed by atoms with Crippen LogP contribution >= 0.6 is 0 Å². The predicted molar refractivity (Wildman–Crippen MR) is 101 cm³/mol. The molecule has 1 unspecified atom stereocenters. The highest BCUT2D eigenvalue weighted by Crippen LogP contribution is 2.55. The maximum atomic E-state index is 12.7. The minimum absolute atomic E-state index is 0.0378. The van der Waals surface area contributed by atoms with E-state index in [0.29, 0.717) is 11.5 Å². The zero-order valence-electron chi connectivity index (χ0n) is 16.0. The van der Waals surface area contributed by atoms with Crippen LogP contribution in [0.2, 0.25) is 0 Å². The van der Waals surface area contributed by atoms with E-state index < -0.39 is 0 Å². The Balaban J connectivity index is 1.40. The van der Waals surface area contributed by atoms with Crippen LogP contribution in [-0.2, 0) is 0 Å². The van der Waals surface area contributed by atoms with Crippen molar-refractivity contribution < 1.29 is 14.3 Å². The number of amides is 2. The van der Waals surface area contributed by atoms with Crippen LogP contribution in [0.4, 0.5) is 4.79 Å². The van der Waals surface area contributed by atoms with Gasteiger partial charge in [0.15, 0.2) is 11.5 Å². The van der Waals surface area contributed by atoms with E-state index in [1.165, 1.54) is 19.3 Å². The van der Waals surface area contributed by atoms with Crippen molar-refractivity contribution in [1.82, 2.24) is 10.6 Å². The average Bonchev–Trinajstić information content (AvgIpc) is 2.59. The van der Waals surface area contributed by atoms with Gasteiger partial charge in [-0.3, -0.25) is 0 Å². The van der Waals surface area contributed by atoms with Gasteiger partial charge in [-0.1, -0.05) is 6.07 Å². The highest BCUT2D eigenvalue weighted by molar-refractivity contribution is 5.75. The molecule has 4 fully saturated rings. The second kappa shape index (κ2) is 6.67. The molecule has 2 N–H and O–H groups in total. The summed E-state index contributed by atoms with van der Waals surface area (Å²) in [4.78, 5) is 12.7. The van der Waals surface area contributed by atoms with Gasteiger partial charge in [0.05, 0.1) is 20.3 Å². The van der Waals surface area contributed by atoms with E-state index in [9.17, 15) is 4.79 Å². The van der Waals surface area contributed by atoms with Gasteiger partial charge in [-0.15, -0.1) is 0 Å². The Kier molecular flexibility index (Phi) is 4.49. The van der Waals surface area contributed by atoms with E-state index in [-0.39, 0.29) is 17.6 Å². The number of hydrogen-bond donors (Lipinski definition) is 2. The van der Waals surface area contributed by atoms with Gasteiger partial charge in [0, 0.05) is 5.54 Å². The first-order valence-electron chi connectivity index (χ1n) is 9.81. The molecule has 5 heteroatoms. The summed E-state index contributed by atoms with van der Waals surface area (Å²) in [6.07, 6.45) is 7.63. The Morgan fingerprint density at radius 3 is 2.15 bits per heavy atom. The number of rotatable bonds is 5. The van der Waals surface area contributed by atoms with Gasteiger partial charge >= 0.3 is 6.03 Å². The third-order valence-electron chi connectivity index (χ3n) is 6.67. The fraction of sp³-hybridized carbons (Fsp3) is 0.667. The van der Waals surface area contributed by atoms with Gasteiger partial charge in [-0.2, -0.15) is 0 Å². The van der Waals surface area contributed by atoms with Crippen molar-refractivity contribution in [3.05, 3.63) is 23.8 Å². The number of nitrogens with one attached hydrogen (secondary N) is 2. The Morgan fingerprint density at radius 2 is 1.62 bits per heavy atom. The molecule has 4 bridgehead atoms. The fourth-order valence-corrected chi connectivity index (χ4v) is 5.94. The van der Waals surface area contributed by atoms with Crippen LogP contribution in [0.25, 0.3) is 0 Å². The summed E-state index contributed by atoms with van der Waals surface area (Å²) < 4.78 is 10.7. The van der Waals surface area contributed by atoms with Crippen LogP contribution in [0.5, 0.6) is 11.5 Å². The number of methoxy groups -OCH3 is 2. The first-order chi connectivity index (χ1) is 12.5. The number of carbonyl (C=O) groups is 1. The van der Waals surface area contributed by atoms with Crippen molar-refractivity contribution >= 4 is 6.03 Å². The molecule has 5 nitrogen and oxygen atoms in total. The molecule has 4 aliphatic carbocycles. The zero-order valence-corrected chi connectivity index (χ0v) is 16.0. The van der Waals surface area contributed by atoms with Crippen molar-refractivity contribution in [2.24, 2.45) is 17.8 Å². The molecule has 142 valence electrons. The van der Waals surface area contributed by atoms with E-state index in [0.717, 1.165) is 42.6 Å². The summed E-state index contributed by atoms with van der Waals surface area (Å²) in [6.45, 7) is 2.00. The zero-order chi connectivity index (χ0) is 18.3. The van der Waals surface area contributed by atoms with Crippen molar-refractivity contribution in [3.63, 3.8) is 0 Å². The van der Waals surface area contributed by atoms with Crippen LogP contribution in [0, 0.1) is 17.8 Å². The molecule has 0 radical (unpaired) electrons. The van der Waals surface area contributed by atoms with E-state index in [4.69, 9.17) is 9.47 Å². The topological polar surface area (TPSA) is 59.6 Å². The second-order valence-corrected chi connectivity index (χ2v) is 8.63. The molecule has 5 rings (SSSR count). The van der Waals surface area contributed by atoms with E-state index >= 15 is 0 Å². The molecule has 1 atom stereocenters. The quantitative estimate of drug-likeness (QED) is 0.835. The lowest BCUT2D eigenvalue weighted by atomic mass is 9.53. The Hall–Kier alpha value is -1.91. The predicted octanol–water partition coefficient (Wildman–Crippen LogP) is 4.03. The van der Waals surface area contributed by atoms with Crippen LogP contribution in [0.15, 0.2) is 18.2 Å². The molecule has 26 heavy (non-hydrogen) atoms. The SMILES string of the molecule is COc1ccc(C(C)NC(=O)NC23CC4CC(CC(C4)C2)C3)cc1OC. The standard InChI is InChI=1S/C21H30N2O3/c1-13(17-4-5-18(25-2)19(9-17)26-3)22-20(24)23-21-10-14-6-15(11-21)8-16(7-14)12-21/h4-5,9,13-16H,6-8,10-12H2,1-3H3,(H2,22,23,24). The summed E-state index contributed by atoms with van der Waals surface area (Å²) in [5.74, 6) is 3.85. The number of urea groups is 1. The molecular weight excluding hydrogens is 328 g/mol. The molecule has 0 aliphatic heterocycles. The largest absolute Gasteiger partial charge is 0.493 e. The second-order valence-electron chi connectivity index (χ2n) is 8.63. The maximum absolute atomic E-state index is 12.7. The smallest absolute Gasteiger partial charge is 0.315 e. The third-order valence-corrected chi connectivity index (χ3v) is 6.67. The molecule has 2 amide bonds. The molecule has 4 aliphatic rings. The van der Waals surface area contributed by atoms with Gasteiger partial charge in [-0.05, 0) is 80.9 Å². The lowest BCUT2D eigenvalue weighted by Gasteiger charge is -2.56. The third kappa shape index (κ3) is 3.24. The van der Waals surface area contributed by atoms with Gasteiger partial charge < -0.3 is 20.1 Å². The summed E-state index contributed by atoms with van der Waals surface area (Å²) >= 11 is 0. The van der Waals surface area contributed by atoms with Gasteiger partial charge in [0.1, 0.15) is 0 Å². The van der Waals surface area contributed by atoms with Gasteiger partial charge in [0.2, 0.25) is 0 Å². The molecule has 0 heterocycles. The maximum Gasteiger partial charge on any atom is 0.315 e. The van der Waals surface area contributed by atoms with Gasteiger partial charge in [-0.25, -0.2) is 4.79 Å². The first kappa shape index (κ1) is 17.5. The van der Waals surface area contributed by atoms with Crippen molar-refractivity contribution in [2.75, 3.05) is 14.2 Å². The summed E-state index contributed by atoms with van der Waals surface area (Å²) in [7, 11) is 3.25. The fourth-order valence-electron chi connectivity index (χ4n) is 5.94. The molecule has 0 aromatic heterocycles. The summed E-state index contributed by atoms with van der Waals surface area (Å²) in [5.41, 5.74) is 1.04. The number of carbonyl (C=O) groups excluding carboxylic acids is 1. The van der Waals surface area contributed by atoms with E-state index in [1.807, 2.05) is 25.1 Å². The lowest BCUT2D eigenvalue weighted by Crippen LogP contribution is -2.61. The highest BCUT2D eigenvalue weighted by atomic mass is 16.5. The van der Waals surface area contributed by atoms with Crippen molar-refractivity contribution in [3.8, 4) is 11.5 Å². The molecule has 1 aromatic rings. The van der Waals surface area contributed by atoms with E-state index in [1.54, 1.807) is 14.2 Å². The normalized spacial score (nSPS) is 32.8. The minimum atomic E-state index is -0.0938. The Morgan fingerprint density at radius 1 is 1.04 bits per heavy atom. The summed E-state index contributed by atoms with van der Waals surface area (Å²) in [5, 5.41) is 6.48. The Labute approximate surface area is 155 Å². The minimum Gasteiger partial charge on any atom is -0.493 e. The van der Waals surface area contributed by atoms with Crippen LogP contribution in [0.3, 0.4) is 0 Å². The number of benzene rings is 1. The van der Waals surface area contributed by atoms with Crippen LogP contribution in [0.1, 0.15) is 57.1 Å². The number of hydrogen-bond acceptors (Lipinski definition) is 3. The highest BCUT2D eigenvalue weighted by Gasteiger charge is 2.51. The van der Waals surface area contributed by atoms with E-state index in [2.05, 4.69) is 10.6 Å². The monoisotopic (exact) mass is 358 g/mol. The van der Waals surface area contributed by atoms with Crippen molar-refractivity contribution in [2.45, 2.75) is 57.0 Å². The molecule has 0 saturated heterocycles. The average molecular weight is 358 g/mol. The van der Waals surface area contributed by atoms with Crippen molar-refractivity contribution in [1.29, 1.82) is 0 Å². The molecule has 4 saturated carbocycles. The lowest BCUT2D eigenvalue weighted by molar-refractivity contribution is -0.0136. The summed E-state index contributed by atoms with van der Waals surface area (Å²) in [6, 6.07) is 5.63. The van der Waals surface area contributed by atoms with Gasteiger partial charge in [0.25, 0.3) is 0 Å². The molecule has 1 aromatic carbocycles. The van der Waals surface area contributed by atoms with Crippen LogP contribution in [-0.4, -0.2) is 25.8 Å². The molecular formula is C21H30N2O3. The van der Waals surface area contributed by atoms with Crippen LogP contribution < -0.4 is 20.1 Å². The first-order valence-corrected chi connectivity index (χ1v) is 9.81. The number of ether oxygens (including phenoxy) is 2. The molecule has 0 spiro atoms.